The number of nitrogens with zero attached hydrogens (tertiary/aromatic N) is 1. The first-order chi connectivity index (χ1) is 7.81. The molecule has 1 amide bonds. The number of carbonyl (C=O) groups is 2. The number of anilines is 1. The summed E-state index contributed by atoms with van der Waals surface area (Å²) < 4.78 is 0. The fourth-order valence-electron chi connectivity index (χ4n) is 1.68. The van der Waals surface area contributed by atoms with Gasteiger partial charge in [0.05, 0.1) is 18.7 Å². The topological polar surface area (TPSA) is 46.6 Å². The minimum atomic E-state index is -0.0208. The predicted molar refractivity (Wildman–Crippen MR) is 58.9 cm³/mol. The van der Waals surface area contributed by atoms with E-state index in [1.807, 2.05) is 24.3 Å². The summed E-state index contributed by atoms with van der Waals surface area (Å²) in [6.45, 7) is 0.442. The third-order valence-electron chi connectivity index (χ3n) is 2.46. The van der Waals surface area contributed by atoms with Crippen LogP contribution >= 0.6 is 0 Å². The Morgan fingerprint density at radius 2 is 2.31 bits per heavy atom. The van der Waals surface area contributed by atoms with Crippen LogP contribution in [0, 0.1) is 0 Å². The van der Waals surface area contributed by atoms with Gasteiger partial charge in [-0.3, -0.25) is 9.63 Å². The summed E-state index contributed by atoms with van der Waals surface area (Å²) in [7, 11) is 0. The molecule has 0 unspecified atom stereocenters. The van der Waals surface area contributed by atoms with E-state index in [1.165, 1.54) is 5.06 Å². The maximum atomic E-state index is 11.4. The number of hydrogen-bond acceptors (Lipinski definition) is 3. The molecule has 0 N–H and O–H groups in total. The number of carbonyl (C=O) groups excluding carboxylic acids is 2. The highest BCUT2D eigenvalue weighted by Gasteiger charge is 2.23. The maximum absolute atomic E-state index is 11.4. The Labute approximate surface area is 93.8 Å². The summed E-state index contributed by atoms with van der Waals surface area (Å²) in [6.07, 6.45) is 2.51. The summed E-state index contributed by atoms with van der Waals surface area (Å²) in [5.41, 5.74) is 1.78. The van der Waals surface area contributed by atoms with Gasteiger partial charge in [0, 0.05) is 6.42 Å². The third-order valence-corrected chi connectivity index (χ3v) is 2.46. The average Bonchev–Trinajstić information content (AvgIpc) is 2.73. The van der Waals surface area contributed by atoms with E-state index in [0.717, 1.165) is 17.5 Å². The molecule has 0 aromatic heterocycles. The molecule has 84 valence electrons. The Balaban J connectivity index is 2.14. The van der Waals surface area contributed by atoms with Gasteiger partial charge in [-0.15, -0.1) is 0 Å². The second kappa shape index (κ2) is 4.90. The maximum Gasteiger partial charge on any atom is 0.253 e. The summed E-state index contributed by atoms with van der Waals surface area (Å²) in [6, 6.07) is 7.51. The van der Waals surface area contributed by atoms with Gasteiger partial charge in [0.25, 0.3) is 5.91 Å². The Morgan fingerprint density at radius 3 is 3.00 bits per heavy atom. The summed E-state index contributed by atoms with van der Waals surface area (Å²) in [4.78, 5) is 27.0. The molecule has 1 fully saturated rings. The van der Waals surface area contributed by atoms with E-state index >= 15 is 0 Å². The van der Waals surface area contributed by atoms with Crippen molar-refractivity contribution in [1.29, 1.82) is 0 Å². The summed E-state index contributed by atoms with van der Waals surface area (Å²) >= 11 is 0. The average molecular weight is 219 g/mol. The largest absolute Gasteiger partial charge is 0.303 e. The van der Waals surface area contributed by atoms with Crippen LogP contribution in [-0.4, -0.2) is 18.8 Å². The van der Waals surface area contributed by atoms with Crippen LogP contribution in [0.5, 0.6) is 0 Å². The minimum Gasteiger partial charge on any atom is -0.303 e. The van der Waals surface area contributed by atoms with Crippen molar-refractivity contribution >= 4 is 17.9 Å². The quantitative estimate of drug-likeness (QED) is 0.721. The summed E-state index contributed by atoms with van der Waals surface area (Å²) in [5, 5.41) is 1.32. The van der Waals surface area contributed by atoms with Gasteiger partial charge in [-0.25, -0.2) is 0 Å². The minimum absolute atomic E-state index is 0.0208. The Bertz CT molecular complexity index is 403. The van der Waals surface area contributed by atoms with Crippen LogP contribution in [-0.2, 0) is 20.8 Å². The van der Waals surface area contributed by atoms with Crippen molar-refractivity contribution < 1.29 is 14.4 Å². The third kappa shape index (κ3) is 2.28. The van der Waals surface area contributed by atoms with Gasteiger partial charge in [-0.05, 0) is 24.1 Å². The van der Waals surface area contributed by atoms with Crippen LogP contribution in [0.2, 0.25) is 0 Å². The van der Waals surface area contributed by atoms with Crippen molar-refractivity contribution in [2.24, 2.45) is 0 Å². The first kappa shape index (κ1) is 10.8. The summed E-state index contributed by atoms with van der Waals surface area (Å²) in [5.74, 6) is -0.0208. The van der Waals surface area contributed by atoms with Crippen LogP contribution in [0.3, 0.4) is 0 Å². The molecule has 0 saturated carbocycles. The van der Waals surface area contributed by atoms with E-state index in [2.05, 4.69) is 0 Å². The number of amides is 1. The van der Waals surface area contributed by atoms with E-state index in [4.69, 9.17) is 4.84 Å². The molecule has 0 radical (unpaired) electrons. The fraction of sp³-hybridized carbons (Fsp3) is 0.333. The number of aryl methyl sites for hydroxylation is 1. The Morgan fingerprint density at radius 1 is 1.44 bits per heavy atom. The molecule has 4 nitrogen and oxygen atoms in total. The van der Waals surface area contributed by atoms with Crippen LogP contribution in [0.15, 0.2) is 24.3 Å². The second-order valence-electron chi connectivity index (χ2n) is 3.65. The molecule has 1 aliphatic rings. The number of hydrogen-bond donors (Lipinski definition) is 0. The zero-order valence-corrected chi connectivity index (χ0v) is 8.89. The van der Waals surface area contributed by atoms with E-state index in [-0.39, 0.29) is 5.91 Å². The normalized spacial score (nSPS) is 15.5. The van der Waals surface area contributed by atoms with Gasteiger partial charge >= 0.3 is 0 Å². The lowest BCUT2D eigenvalue weighted by molar-refractivity contribution is -0.119. The highest BCUT2D eigenvalue weighted by atomic mass is 16.7. The number of benzene rings is 1. The van der Waals surface area contributed by atoms with Gasteiger partial charge < -0.3 is 4.79 Å². The molecule has 4 heteroatoms. The molecule has 1 aromatic rings. The van der Waals surface area contributed by atoms with E-state index < -0.39 is 0 Å². The van der Waals surface area contributed by atoms with Crippen molar-refractivity contribution in [2.75, 3.05) is 11.7 Å². The molecule has 0 atom stereocenters. The number of aldehydes is 1. The zero-order chi connectivity index (χ0) is 11.4. The highest BCUT2D eigenvalue weighted by Crippen LogP contribution is 2.21. The van der Waals surface area contributed by atoms with Crippen LogP contribution in [0.1, 0.15) is 18.4 Å². The Hall–Kier alpha value is -1.68. The number of hydroxylamine groups is 1. The fourth-order valence-corrected chi connectivity index (χ4v) is 1.68. The van der Waals surface area contributed by atoms with Gasteiger partial charge in [-0.1, -0.05) is 12.1 Å². The van der Waals surface area contributed by atoms with E-state index in [0.29, 0.717) is 25.9 Å². The lowest BCUT2D eigenvalue weighted by Gasteiger charge is -2.14. The monoisotopic (exact) mass is 219 g/mol. The van der Waals surface area contributed by atoms with Gasteiger partial charge in [-0.2, -0.15) is 5.06 Å². The predicted octanol–water partition coefficient (Wildman–Crippen LogP) is 1.49. The molecule has 0 bridgehead atoms. The zero-order valence-electron chi connectivity index (χ0n) is 8.89. The Kier molecular flexibility index (Phi) is 3.31. The first-order valence-corrected chi connectivity index (χ1v) is 5.30. The lowest BCUT2D eigenvalue weighted by Crippen LogP contribution is -2.22. The van der Waals surface area contributed by atoms with Crippen LogP contribution < -0.4 is 5.06 Å². The highest BCUT2D eigenvalue weighted by molar-refractivity contribution is 5.92. The standard InChI is InChI=1S/C12H13NO3/c14-7-2-4-10-3-1-5-11(9-10)13-12(15)6-8-16-13/h1,3,5,7,9H,2,4,6,8H2. The number of rotatable bonds is 4. The molecular formula is C12H13NO3. The van der Waals surface area contributed by atoms with Crippen molar-refractivity contribution in [2.45, 2.75) is 19.3 Å². The smallest absolute Gasteiger partial charge is 0.253 e. The van der Waals surface area contributed by atoms with Gasteiger partial charge in [0.1, 0.15) is 6.29 Å². The molecule has 0 aliphatic carbocycles. The molecule has 1 aromatic carbocycles. The second-order valence-corrected chi connectivity index (χ2v) is 3.65. The SMILES string of the molecule is O=CCCc1cccc(N2OCCC2=O)c1. The van der Waals surface area contributed by atoms with E-state index in [9.17, 15) is 9.59 Å². The van der Waals surface area contributed by atoms with E-state index in [1.54, 1.807) is 0 Å². The molecule has 2 rings (SSSR count). The molecular weight excluding hydrogens is 206 g/mol. The van der Waals surface area contributed by atoms with Gasteiger partial charge in [0.2, 0.25) is 0 Å². The molecule has 16 heavy (non-hydrogen) atoms. The van der Waals surface area contributed by atoms with Crippen molar-refractivity contribution in [3.8, 4) is 0 Å². The van der Waals surface area contributed by atoms with Gasteiger partial charge in [0.15, 0.2) is 0 Å². The molecule has 1 heterocycles. The van der Waals surface area contributed by atoms with Crippen LogP contribution in [0.25, 0.3) is 0 Å². The molecule has 1 aliphatic heterocycles. The molecule has 0 spiro atoms. The lowest BCUT2D eigenvalue weighted by atomic mass is 10.1. The molecule has 1 saturated heterocycles. The first-order valence-electron chi connectivity index (χ1n) is 5.30. The van der Waals surface area contributed by atoms with Crippen molar-refractivity contribution in [3.63, 3.8) is 0 Å². The van der Waals surface area contributed by atoms with Crippen LogP contribution in [0.4, 0.5) is 5.69 Å². The van der Waals surface area contributed by atoms with Crippen molar-refractivity contribution in [3.05, 3.63) is 29.8 Å². The van der Waals surface area contributed by atoms with Crippen molar-refractivity contribution in [1.82, 2.24) is 0 Å².